The Morgan fingerprint density at radius 2 is 1.61 bits per heavy atom. The van der Waals surface area contributed by atoms with Crippen molar-refractivity contribution < 1.29 is 18.8 Å². The lowest BCUT2D eigenvalue weighted by Gasteiger charge is -2.32. The summed E-state index contributed by atoms with van der Waals surface area (Å²) >= 11 is 0. The number of fused-ring (bicyclic) bond motifs is 1. The number of benzene rings is 1. The van der Waals surface area contributed by atoms with E-state index in [1.54, 1.807) is 0 Å². The van der Waals surface area contributed by atoms with Crippen molar-refractivity contribution in [2.45, 2.75) is 63.5 Å². The minimum absolute atomic E-state index is 0.110. The monoisotopic (exact) mass is 316 g/mol. The van der Waals surface area contributed by atoms with Gasteiger partial charge in [0.2, 0.25) is 0 Å². The smallest absolute Gasteiger partial charge is 0.461 e. The van der Waals surface area contributed by atoms with Gasteiger partial charge in [0.25, 0.3) is 0 Å². The molecule has 2 heterocycles. The molecule has 0 radical (unpaired) electrons. The summed E-state index contributed by atoms with van der Waals surface area (Å²) < 4.78 is 23.9. The van der Waals surface area contributed by atoms with Crippen LogP contribution >= 0.6 is 0 Å². The Morgan fingerprint density at radius 1 is 0.957 bits per heavy atom. The van der Waals surface area contributed by atoms with Crippen molar-refractivity contribution in [2.75, 3.05) is 13.2 Å². The molecule has 4 rings (SSSR count). The summed E-state index contributed by atoms with van der Waals surface area (Å²) in [6.07, 6.45) is 2.04. The number of hydrogen-bond donors (Lipinski definition) is 0. The molecular formula is C18H25BO4. The zero-order valence-electron chi connectivity index (χ0n) is 14.4. The first-order valence-corrected chi connectivity index (χ1v) is 8.63. The van der Waals surface area contributed by atoms with Crippen LogP contribution in [0.1, 0.15) is 52.0 Å². The van der Waals surface area contributed by atoms with Crippen LogP contribution in [-0.4, -0.2) is 31.5 Å². The highest BCUT2D eigenvalue weighted by molar-refractivity contribution is 6.49. The third-order valence-electron chi connectivity index (χ3n) is 5.66. The van der Waals surface area contributed by atoms with Crippen LogP contribution in [0, 0.1) is 0 Å². The molecule has 0 bridgehead atoms. The van der Waals surface area contributed by atoms with Crippen molar-refractivity contribution in [3.63, 3.8) is 0 Å². The van der Waals surface area contributed by atoms with Crippen LogP contribution in [0.3, 0.4) is 0 Å². The van der Waals surface area contributed by atoms with E-state index in [1.165, 1.54) is 5.56 Å². The Balaban J connectivity index is 1.49. The molecule has 2 fully saturated rings. The number of ether oxygens (including phenoxy) is 2. The van der Waals surface area contributed by atoms with Gasteiger partial charge in [-0.1, -0.05) is 6.07 Å². The van der Waals surface area contributed by atoms with Crippen molar-refractivity contribution in [3.05, 3.63) is 23.8 Å². The Morgan fingerprint density at radius 3 is 2.30 bits per heavy atom. The van der Waals surface area contributed by atoms with E-state index < -0.39 is 0 Å². The molecule has 4 nitrogen and oxygen atoms in total. The fourth-order valence-electron chi connectivity index (χ4n) is 3.37. The molecule has 23 heavy (non-hydrogen) atoms. The molecule has 2 aliphatic heterocycles. The number of hydrogen-bond acceptors (Lipinski definition) is 4. The first kappa shape index (κ1) is 15.3. The van der Waals surface area contributed by atoms with E-state index in [0.717, 1.165) is 37.6 Å². The van der Waals surface area contributed by atoms with Gasteiger partial charge in [-0.25, -0.2) is 0 Å². The first-order chi connectivity index (χ1) is 10.9. The molecular weight excluding hydrogens is 291 g/mol. The molecule has 0 aromatic heterocycles. The minimum atomic E-state index is -0.254. The van der Waals surface area contributed by atoms with Gasteiger partial charge < -0.3 is 18.8 Å². The predicted octanol–water partition coefficient (Wildman–Crippen LogP) is 3.80. The topological polar surface area (TPSA) is 36.9 Å². The molecule has 124 valence electrons. The average molecular weight is 316 g/mol. The average Bonchev–Trinajstić information content (AvgIpc) is 3.25. The molecule has 0 amide bonds. The summed E-state index contributed by atoms with van der Waals surface area (Å²) in [4.78, 5) is 0. The van der Waals surface area contributed by atoms with E-state index in [1.807, 2.05) is 6.07 Å². The van der Waals surface area contributed by atoms with E-state index in [-0.39, 0.29) is 18.3 Å². The van der Waals surface area contributed by atoms with Crippen LogP contribution in [0.5, 0.6) is 11.5 Å². The fourth-order valence-corrected chi connectivity index (χ4v) is 3.37. The molecule has 1 saturated carbocycles. The number of rotatable bonds is 2. The molecule has 1 aliphatic carbocycles. The summed E-state index contributed by atoms with van der Waals surface area (Å²) in [6.45, 7) is 9.89. The van der Waals surface area contributed by atoms with Crippen molar-refractivity contribution in [1.82, 2.24) is 0 Å². The van der Waals surface area contributed by atoms with Crippen LogP contribution < -0.4 is 9.47 Å². The first-order valence-electron chi connectivity index (χ1n) is 8.63. The quantitative estimate of drug-likeness (QED) is 0.778. The lowest BCUT2D eigenvalue weighted by atomic mass is 9.79. The SMILES string of the molecule is CC1(C)OB([C@@H]2C[C@H]2c2ccc3c(c2)OCCCO3)OC1(C)C. The summed E-state index contributed by atoms with van der Waals surface area (Å²) in [5, 5.41) is 0. The van der Waals surface area contributed by atoms with Gasteiger partial charge in [-0.2, -0.15) is 0 Å². The molecule has 0 unspecified atom stereocenters. The maximum absolute atomic E-state index is 6.19. The highest BCUT2D eigenvalue weighted by atomic mass is 16.7. The lowest BCUT2D eigenvalue weighted by molar-refractivity contribution is 0.00578. The molecule has 1 aromatic rings. The second-order valence-electron chi connectivity index (χ2n) is 7.89. The highest BCUT2D eigenvalue weighted by Crippen LogP contribution is 2.59. The van der Waals surface area contributed by atoms with Crippen LogP contribution in [0.15, 0.2) is 18.2 Å². The molecule has 2 atom stereocenters. The van der Waals surface area contributed by atoms with E-state index >= 15 is 0 Å². The van der Waals surface area contributed by atoms with E-state index in [4.69, 9.17) is 18.8 Å². The molecule has 5 heteroatoms. The molecule has 1 aromatic carbocycles. The van der Waals surface area contributed by atoms with Gasteiger partial charge in [-0.15, -0.1) is 0 Å². The van der Waals surface area contributed by atoms with Gasteiger partial charge in [0.05, 0.1) is 24.4 Å². The van der Waals surface area contributed by atoms with Crippen LogP contribution in [-0.2, 0) is 9.31 Å². The van der Waals surface area contributed by atoms with Gasteiger partial charge in [0.15, 0.2) is 11.5 Å². The van der Waals surface area contributed by atoms with Gasteiger partial charge in [0.1, 0.15) is 0 Å². The zero-order valence-corrected chi connectivity index (χ0v) is 14.4. The zero-order chi connectivity index (χ0) is 16.2. The van der Waals surface area contributed by atoms with Gasteiger partial charge >= 0.3 is 7.12 Å². The summed E-state index contributed by atoms with van der Waals surface area (Å²) in [5.74, 6) is 2.65. The van der Waals surface area contributed by atoms with Crippen molar-refractivity contribution in [2.24, 2.45) is 0 Å². The van der Waals surface area contributed by atoms with Crippen molar-refractivity contribution >= 4 is 7.12 Å². The standard InChI is InChI=1S/C18H25BO4/c1-17(2)18(3,4)23-19(22-17)14-11-13(14)12-6-7-15-16(10-12)21-9-5-8-20-15/h6-7,10,13-14H,5,8-9,11H2,1-4H3/t13-,14+/m0/s1. The van der Waals surface area contributed by atoms with E-state index in [2.05, 4.69) is 39.8 Å². The summed E-state index contributed by atoms with van der Waals surface area (Å²) in [5.41, 5.74) is 0.791. The Hall–Kier alpha value is -1.20. The normalized spacial score (nSPS) is 30.9. The summed E-state index contributed by atoms with van der Waals surface area (Å²) in [7, 11) is -0.110. The van der Waals surface area contributed by atoms with Crippen LogP contribution in [0.4, 0.5) is 0 Å². The van der Waals surface area contributed by atoms with Gasteiger partial charge in [-0.05, 0) is 57.7 Å². The van der Waals surface area contributed by atoms with Crippen molar-refractivity contribution in [1.29, 1.82) is 0 Å². The molecule has 1 saturated heterocycles. The second kappa shape index (κ2) is 5.15. The van der Waals surface area contributed by atoms with Gasteiger partial charge in [-0.3, -0.25) is 0 Å². The third kappa shape index (κ3) is 2.64. The fraction of sp³-hybridized carbons (Fsp3) is 0.667. The Kier molecular flexibility index (Phi) is 3.43. The minimum Gasteiger partial charge on any atom is -0.490 e. The van der Waals surface area contributed by atoms with E-state index in [9.17, 15) is 0 Å². The third-order valence-corrected chi connectivity index (χ3v) is 5.66. The highest BCUT2D eigenvalue weighted by Gasteiger charge is 2.59. The maximum atomic E-state index is 6.19. The van der Waals surface area contributed by atoms with Crippen molar-refractivity contribution in [3.8, 4) is 11.5 Å². The van der Waals surface area contributed by atoms with Crippen LogP contribution in [0.25, 0.3) is 0 Å². The summed E-state index contributed by atoms with van der Waals surface area (Å²) in [6, 6.07) is 6.33. The van der Waals surface area contributed by atoms with Gasteiger partial charge in [0, 0.05) is 12.2 Å². The Labute approximate surface area is 138 Å². The Bertz CT molecular complexity index is 597. The second-order valence-corrected chi connectivity index (χ2v) is 7.89. The largest absolute Gasteiger partial charge is 0.490 e. The maximum Gasteiger partial charge on any atom is 0.461 e. The molecule has 0 N–H and O–H groups in total. The molecule has 3 aliphatic rings. The molecule has 0 spiro atoms. The van der Waals surface area contributed by atoms with Crippen LogP contribution in [0.2, 0.25) is 5.82 Å². The predicted molar refractivity (Wildman–Crippen MR) is 89.2 cm³/mol. The lowest BCUT2D eigenvalue weighted by Crippen LogP contribution is -2.41. The van der Waals surface area contributed by atoms with E-state index in [0.29, 0.717) is 11.7 Å².